The van der Waals surface area contributed by atoms with Crippen molar-refractivity contribution in [1.82, 2.24) is 4.57 Å². The lowest BCUT2D eigenvalue weighted by molar-refractivity contribution is -0.139. The minimum absolute atomic E-state index is 0.171. The smallest absolute Gasteiger partial charge is 0.239 e. The lowest BCUT2D eigenvalue weighted by Crippen LogP contribution is -2.47. The van der Waals surface area contributed by atoms with Crippen molar-refractivity contribution < 1.29 is 9.59 Å². The van der Waals surface area contributed by atoms with E-state index in [1.54, 1.807) is 0 Å². The van der Waals surface area contributed by atoms with Gasteiger partial charge in [0, 0.05) is 39.5 Å². The zero-order chi connectivity index (χ0) is 26.0. The van der Waals surface area contributed by atoms with Crippen LogP contribution >= 0.6 is 0 Å². The van der Waals surface area contributed by atoms with E-state index in [0.717, 1.165) is 34.9 Å². The molecule has 1 amide bonds. The highest BCUT2D eigenvalue weighted by Gasteiger charge is 2.76. The van der Waals surface area contributed by atoms with Gasteiger partial charge in [-0.3, -0.25) is 15.0 Å². The Balaban J connectivity index is 1.37. The average molecular weight is 493 g/mol. The molecule has 2 atom stereocenters. The normalized spacial score (nSPS) is 25.3. The highest BCUT2D eigenvalue weighted by molar-refractivity contribution is 6.51. The van der Waals surface area contributed by atoms with Crippen LogP contribution in [0.1, 0.15) is 40.5 Å². The van der Waals surface area contributed by atoms with Crippen LogP contribution in [-0.2, 0) is 16.1 Å². The van der Waals surface area contributed by atoms with Gasteiger partial charge in [-0.25, -0.2) is 0 Å². The summed E-state index contributed by atoms with van der Waals surface area (Å²) in [4.78, 5) is 28.0. The van der Waals surface area contributed by atoms with Crippen LogP contribution in [0.3, 0.4) is 0 Å². The highest BCUT2D eigenvalue weighted by atomic mass is 16.2. The Morgan fingerprint density at radius 3 is 2.35 bits per heavy atom. The number of hydrazone groups is 1. The van der Waals surface area contributed by atoms with Gasteiger partial charge in [0.15, 0.2) is 5.78 Å². The SMILES string of the molecule is CCn1c2ccccc2c2cc(NC(=O)C34CCC(C)(/C(=N/Nc5ccccc5)C3=O)C4(C)C)ccc21. The second-order valence-electron chi connectivity index (χ2n) is 11.1. The van der Waals surface area contributed by atoms with Crippen molar-refractivity contribution >= 4 is 50.6 Å². The number of rotatable bonds is 5. The Labute approximate surface area is 216 Å². The quantitative estimate of drug-likeness (QED) is 0.243. The Bertz CT molecular complexity index is 1600. The topological polar surface area (TPSA) is 75.5 Å². The number of aromatic nitrogens is 1. The standard InChI is InChI=1S/C31H32N4O2/c1-5-35-24-14-10-9-13-22(24)23-19-21(15-16-25(23)35)32-28(37)31-18-17-30(4,29(31,2)3)26(27(31)36)34-33-20-11-7-6-8-12-20/h6-16,19,33H,5,17-18H2,1-4H3,(H,32,37)/b34-26+. The molecule has 2 saturated carbocycles. The van der Waals surface area contributed by atoms with Gasteiger partial charge in [-0.15, -0.1) is 0 Å². The van der Waals surface area contributed by atoms with E-state index in [2.05, 4.69) is 52.5 Å². The van der Waals surface area contributed by atoms with Gasteiger partial charge in [-0.2, -0.15) is 5.10 Å². The van der Waals surface area contributed by atoms with Crippen LogP contribution in [0.5, 0.6) is 0 Å². The molecule has 4 aromatic rings. The summed E-state index contributed by atoms with van der Waals surface area (Å²) >= 11 is 0. The van der Waals surface area contributed by atoms with Gasteiger partial charge in [-0.1, -0.05) is 57.2 Å². The molecule has 2 unspecified atom stereocenters. The van der Waals surface area contributed by atoms with E-state index in [1.807, 2.05) is 68.4 Å². The van der Waals surface area contributed by atoms with Gasteiger partial charge < -0.3 is 9.88 Å². The minimum Gasteiger partial charge on any atom is -0.341 e. The fourth-order valence-corrected chi connectivity index (χ4v) is 6.82. The number of carbonyl (C=O) groups is 2. The average Bonchev–Trinajstić information content (AvgIpc) is 3.37. The minimum atomic E-state index is -1.16. The second-order valence-corrected chi connectivity index (χ2v) is 11.1. The molecule has 37 heavy (non-hydrogen) atoms. The maximum absolute atomic E-state index is 14.0. The first-order valence-electron chi connectivity index (χ1n) is 13.0. The Kier molecular flexibility index (Phi) is 5.10. The zero-order valence-electron chi connectivity index (χ0n) is 21.8. The Morgan fingerprint density at radius 1 is 0.892 bits per heavy atom. The van der Waals surface area contributed by atoms with Gasteiger partial charge in [-0.05, 0) is 61.6 Å². The molecule has 2 aliphatic rings. The molecule has 1 aromatic heterocycles. The third-order valence-corrected chi connectivity index (χ3v) is 9.38. The van der Waals surface area contributed by atoms with E-state index in [-0.39, 0.29) is 11.7 Å². The molecule has 2 bridgehead atoms. The van der Waals surface area contributed by atoms with Gasteiger partial charge in [0.25, 0.3) is 0 Å². The van der Waals surface area contributed by atoms with E-state index in [1.165, 1.54) is 5.52 Å². The summed E-state index contributed by atoms with van der Waals surface area (Å²) in [5.41, 5.74) is 5.09. The molecule has 1 heterocycles. The lowest BCUT2D eigenvalue weighted by Gasteiger charge is -2.37. The second kappa shape index (κ2) is 8.04. The highest BCUT2D eigenvalue weighted by Crippen LogP contribution is 2.69. The van der Waals surface area contributed by atoms with Crippen LogP contribution in [-0.4, -0.2) is 22.0 Å². The predicted molar refractivity (Wildman–Crippen MR) is 150 cm³/mol. The van der Waals surface area contributed by atoms with Crippen LogP contribution in [0.25, 0.3) is 21.8 Å². The summed E-state index contributed by atoms with van der Waals surface area (Å²) in [7, 11) is 0. The number of aryl methyl sites for hydroxylation is 1. The monoisotopic (exact) mass is 492 g/mol. The van der Waals surface area contributed by atoms with Crippen molar-refractivity contribution in [2.24, 2.45) is 21.3 Å². The van der Waals surface area contributed by atoms with Crippen molar-refractivity contribution in [2.75, 3.05) is 10.7 Å². The molecule has 2 aliphatic carbocycles. The summed E-state index contributed by atoms with van der Waals surface area (Å²) in [6.07, 6.45) is 1.25. The van der Waals surface area contributed by atoms with Crippen LogP contribution in [0, 0.1) is 16.2 Å². The number of carbonyl (C=O) groups excluding carboxylic acids is 2. The molecule has 188 valence electrons. The zero-order valence-corrected chi connectivity index (χ0v) is 21.8. The first kappa shape index (κ1) is 23.5. The third-order valence-electron chi connectivity index (χ3n) is 9.38. The number of hydrogen-bond donors (Lipinski definition) is 2. The molecule has 0 spiro atoms. The number of anilines is 2. The molecule has 0 aliphatic heterocycles. The number of benzene rings is 3. The summed E-state index contributed by atoms with van der Waals surface area (Å²) in [5.74, 6) is -0.412. The predicted octanol–water partition coefficient (Wildman–Crippen LogP) is 6.62. The van der Waals surface area contributed by atoms with Crippen molar-refractivity contribution in [1.29, 1.82) is 0 Å². The van der Waals surface area contributed by atoms with Crippen LogP contribution < -0.4 is 10.7 Å². The summed E-state index contributed by atoms with van der Waals surface area (Å²) in [6.45, 7) is 9.15. The maximum Gasteiger partial charge on any atom is 0.239 e. The van der Waals surface area contributed by atoms with Crippen molar-refractivity contribution in [3.8, 4) is 0 Å². The van der Waals surface area contributed by atoms with E-state index < -0.39 is 16.2 Å². The van der Waals surface area contributed by atoms with Gasteiger partial charge >= 0.3 is 0 Å². The number of Topliss-reactive ketones (excluding diaryl/α,β-unsaturated/α-hetero) is 1. The van der Waals surface area contributed by atoms with Gasteiger partial charge in [0.1, 0.15) is 11.1 Å². The number of amides is 1. The van der Waals surface area contributed by atoms with Crippen LogP contribution in [0.2, 0.25) is 0 Å². The van der Waals surface area contributed by atoms with Gasteiger partial charge in [0.2, 0.25) is 5.91 Å². The third kappa shape index (κ3) is 3.02. The first-order chi connectivity index (χ1) is 17.7. The van der Waals surface area contributed by atoms with Crippen LogP contribution in [0.4, 0.5) is 11.4 Å². The van der Waals surface area contributed by atoms with Gasteiger partial charge in [0.05, 0.1) is 5.69 Å². The van der Waals surface area contributed by atoms with Crippen molar-refractivity contribution in [3.63, 3.8) is 0 Å². The molecular weight excluding hydrogens is 460 g/mol. The maximum atomic E-state index is 14.0. The number of para-hydroxylation sites is 2. The number of fused-ring (bicyclic) bond motifs is 5. The molecule has 3 aromatic carbocycles. The molecule has 0 saturated heterocycles. The largest absolute Gasteiger partial charge is 0.341 e. The summed E-state index contributed by atoms with van der Waals surface area (Å²) < 4.78 is 2.28. The van der Waals surface area contributed by atoms with E-state index in [0.29, 0.717) is 17.8 Å². The summed E-state index contributed by atoms with van der Waals surface area (Å²) in [6, 6.07) is 23.9. The molecule has 2 N–H and O–H groups in total. The fourth-order valence-electron chi connectivity index (χ4n) is 6.82. The molecular formula is C31H32N4O2. The first-order valence-corrected chi connectivity index (χ1v) is 13.0. The molecule has 6 nitrogen and oxygen atoms in total. The number of ketones is 1. The molecule has 6 heteroatoms. The lowest BCUT2D eigenvalue weighted by atomic mass is 9.64. The van der Waals surface area contributed by atoms with E-state index >= 15 is 0 Å². The van der Waals surface area contributed by atoms with E-state index in [9.17, 15) is 9.59 Å². The number of nitrogens with one attached hydrogen (secondary N) is 2. The van der Waals surface area contributed by atoms with Crippen molar-refractivity contribution in [2.45, 2.75) is 47.1 Å². The molecule has 6 rings (SSSR count). The number of nitrogens with zero attached hydrogens (tertiary/aromatic N) is 2. The van der Waals surface area contributed by atoms with Crippen LogP contribution in [0.15, 0.2) is 77.9 Å². The Morgan fingerprint density at radius 2 is 1.59 bits per heavy atom. The van der Waals surface area contributed by atoms with E-state index in [4.69, 9.17) is 0 Å². The van der Waals surface area contributed by atoms with Crippen molar-refractivity contribution in [3.05, 3.63) is 72.8 Å². The molecule has 2 fully saturated rings. The number of hydrogen-bond acceptors (Lipinski definition) is 4. The summed E-state index contributed by atoms with van der Waals surface area (Å²) in [5, 5.41) is 9.97. The fraction of sp³-hybridized carbons (Fsp3) is 0.323. The Hall–Kier alpha value is -3.93. The molecule has 0 radical (unpaired) electrons.